The van der Waals surface area contributed by atoms with E-state index in [2.05, 4.69) is 43.4 Å². The molecule has 2 heteroatoms. The van der Waals surface area contributed by atoms with E-state index in [1.54, 1.807) is 12.1 Å². The Hall–Kier alpha value is -1.80. The Balaban J connectivity index is 1.66. The lowest BCUT2D eigenvalue weighted by molar-refractivity contribution is 0.271. The molecular weight excluding hydrogens is 258 g/mol. The monoisotopic (exact) mass is 281 g/mol. The molecule has 1 unspecified atom stereocenters. The van der Waals surface area contributed by atoms with Crippen molar-refractivity contribution < 1.29 is 5.11 Å². The van der Waals surface area contributed by atoms with Gasteiger partial charge < -0.3 is 10.4 Å². The Labute approximate surface area is 126 Å². The number of hydrogen-bond donors (Lipinski definition) is 2. The molecule has 0 bridgehead atoms. The van der Waals surface area contributed by atoms with E-state index < -0.39 is 0 Å². The summed E-state index contributed by atoms with van der Waals surface area (Å²) < 4.78 is 0. The molecule has 2 nitrogen and oxygen atoms in total. The molecule has 0 saturated heterocycles. The molecular formula is C19H23NO. The van der Waals surface area contributed by atoms with Crippen LogP contribution in [0.1, 0.15) is 36.6 Å². The molecule has 110 valence electrons. The quantitative estimate of drug-likeness (QED) is 0.892. The van der Waals surface area contributed by atoms with Crippen molar-refractivity contribution in [3.63, 3.8) is 0 Å². The Morgan fingerprint density at radius 1 is 1.10 bits per heavy atom. The van der Waals surface area contributed by atoms with Crippen molar-refractivity contribution in [2.75, 3.05) is 6.54 Å². The molecule has 1 aliphatic carbocycles. The minimum absolute atomic E-state index is 0.263. The van der Waals surface area contributed by atoms with Crippen LogP contribution in [0.4, 0.5) is 0 Å². The summed E-state index contributed by atoms with van der Waals surface area (Å²) in [6.45, 7) is 5.63. The highest BCUT2D eigenvalue weighted by atomic mass is 16.3. The fraction of sp³-hybridized carbons (Fsp3) is 0.368. The molecule has 2 aromatic rings. The zero-order valence-electron chi connectivity index (χ0n) is 12.8. The maximum Gasteiger partial charge on any atom is 0.115 e. The van der Waals surface area contributed by atoms with E-state index in [4.69, 9.17) is 0 Å². The number of benzene rings is 2. The summed E-state index contributed by atoms with van der Waals surface area (Å²) in [5.41, 5.74) is 4.45. The Morgan fingerprint density at radius 2 is 1.81 bits per heavy atom. The SMILES string of the molecule is CC1(C)Cc2ccccc2C1NCCc1ccc(O)cc1. The van der Waals surface area contributed by atoms with Gasteiger partial charge in [-0.3, -0.25) is 0 Å². The number of nitrogens with one attached hydrogen (secondary N) is 1. The Bertz CT molecular complexity index is 616. The van der Waals surface area contributed by atoms with Gasteiger partial charge in [-0.25, -0.2) is 0 Å². The van der Waals surface area contributed by atoms with E-state index in [0.29, 0.717) is 11.8 Å². The maximum absolute atomic E-state index is 9.32. The summed E-state index contributed by atoms with van der Waals surface area (Å²) in [7, 11) is 0. The van der Waals surface area contributed by atoms with E-state index in [9.17, 15) is 5.11 Å². The van der Waals surface area contributed by atoms with Crippen molar-refractivity contribution in [1.82, 2.24) is 5.32 Å². The predicted octanol–water partition coefficient (Wildman–Crippen LogP) is 3.85. The van der Waals surface area contributed by atoms with Crippen LogP contribution in [0.25, 0.3) is 0 Å². The summed E-state index contributed by atoms with van der Waals surface area (Å²) in [4.78, 5) is 0. The van der Waals surface area contributed by atoms with Crippen LogP contribution in [0.3, 0.4) is 0 Å². The first-order valence-corrected chi connectivity index (χ1v) is 7.65. The second-order valence-electron chi connectivity index (χ2n) is 6.67. The number of hydrogen-bond acceptors (Lipinski definition) is 2. The average Bonchev–Trinajstić information content (AvgIpc) is 2.71. The molecule has 0 aromatic heterocycles. The third kappa shape index (κ3) is 2.96. The molecule has 0 heterocycles. The summed E-state index contributed by atoms with van der Waals surface area (Å²) in [5.74, 6) is 0.331. The lowest BCUT2D eigenvalue weighted by Crippen LogP contribution is -2.32. The highest BCUT2D eigenvalue weighted by Crippen LogP contribution is 2.44. The van der Waals surface area contributed by atoms with Gasteiger partial charge in [0, 0.05) is 6.04 Å². The molecule has 0 aliphatic heterocycles. The first kappa shape index (κ1) is 14.2. The van der Waals surface area contributed by atoms with Crippen LogP contribution in [0.5, 0.6) is 5.75 Å². The van der Waals surface area contributed by atoms with Gasteiger partial charge in [0.05, 0.1) is 0 Å². The average molecular weight is 281 g/mol. The molecule has 0 spiro atoms. The highest BCUT2D eigenvalue weighted by molar-refractivity contribution is 5.37. The molecule has 3 rings (SSSR count). The number of aromatic hydroxyl groups is 1. The molecule has 2 N–H and O–H groups in total. The molecule has 1 aliphatic rings. The minimum atomic E-state index is 0.263. The van der Waals surface area contributed by atoms with Crippen LogP contribution >= 0.6 is 0 Å². The fourth-order valence-corrected chi connectivity index (χ4v) is 3.40. The molecule has 0 fully saturated rings. The van der Waals surface area contributed by atoms with Crippen molar-refractivity contribution in [2.45, 2.75) is 32.7 Å². The number of rotatable bonds is 4. The van der Waals surface area contributed by atoms with Crippen LogP contribution in [0, 0.1) is 5.41 Å². The molecule has 0 amide bonds. The van der Waals surface area contributed by atoms with Crippen molar-refractivity contribution in [2.24, 2.45) is 5.41 Å². The van der Waals surface area contributed by atoms with E-state index >= 15 is 0 Å². The van der Waals surface area contributed by atoms with Crippen molar-refractivity contribution in [3.05, 3.63) is 65.2 Å². The van der Waals surface area contributed by atoms with E-state index in [-0.39, 0.29) is 5.41 Å². The van der Waals surface area contributed by atoms with Gasteiger partial charge in [0.15, 0.2) is 0 Å². The Kier molecular flexibility index (Phi) is 3.73. The van der Waals surface area contributed by atoms with E-state index in [0.717, 1.165) is 19.4 Å². The second-order valence-corrected chi connectivity index (χ2v) is 6.67. The van der Waals surface area contributed by atoms with Gasteiger partial charge in [-0.2, -0.15) is 0 Å². The Morgan fingerprint density at radius 3 is 2.57 bits per heavy atom. The van der Waals surface area contributed by atoms with Gasteiger partial charge in [0.2, 0.25) is 0 Å². The van der Waals surface area contributed by atoms with Crippen LogP contribution < -0.4 is 5.32 Å². The maximum atomic E-state index is 9.32. The van der Waals surface area contributed by atoms with Gasteiger partial charge in [-0.05, 0) is 53.6 Å². The van der Waals surface area contributed by atoms with Crippen LogP contribution in [0.2, 0.25) is 0 Å². The van der Waals surface area contributed by atoms with Crippen molar-refractivity contribution >= 4 is 0 Å². The van der Waals surface area contributed by atoms with E-state index in [1.165, 1.54) is 16.7 Å². The topological polar surface area (TPSA) is 32.3 Å². The smallest absolute Gasteiger partial charge is 0.115 e. The van der Waals surface area contributed by atoms with Gasteiger partial charge in [-0.15, -0.1) is 0 Å². The second kappa shape index (κ2) is 5.53. The number of phenols is 1. The lowest BCUT2D eigenvalue weighted by atomic mass is 9.85. The summed E-state index contributed by atoms with van der Waals surface area (Å²) in [5, 5.41) is 13.0. The summed E-state index contributed by atoms with van der Waals surface area (Å²) >= 11 is 0. The first-order valence-electron chi connectivity index (χ1n) is 7.65. The van der Waals surface area contributed by atoms with Gasteiger partial charge in [0.1, 0.15) is 5.75 Å². The molecule has 0 radical (unpaired) electrons. The largest absolute Gasteiger partial charge is 0.508 e. The highest BCUT2D eigenvalue weighted by Gasteiger charge is 2.37. The van der Waals surface area contributed by atoms with Gasteiger partial charge >= 0.3 is 0 Å². The van der Waals surface area contributed by atoms with E-state index in [1.807, 2.05) is 12.1 Å². The van der Waals surface area contributed by atoms with Crippen molar-refractivity contribution in [3.8, 4) is 5.75 Å². The predicted molar refractivity (Wildman–Crippen MR) is 86.5 cm³/mol. The third-order valence-electron chi connectivity index (χ3n) is 4.49. The standard InChI is InChI=1S/C19H23NO/c1-19(2)13-15-5-3-4-6-17(15)18(19)20-12-11-14-7-9-16(21)10-8-14/h3-10,18,20-21H,11-13H2,1-2H3. The van der Waals surface area contributed by atoms with Gasteiger partial charge in [-0.1, -0.05) is 50.2 Å². The molecule has 21 heavy (non-hydrogen) atoms. The summed E-state index contributed by atoms with van der Waals surface area (Å²) in [6, 6.07) is 16.7. The summed E-state index contributed by atoms with van der Waals surface area (Å²) in [6.07, 6.45) is 2.12. The normalized spacial score (nSPS) is 19.4. The molecule has 1 atom stereocenters. The van der Waals surface area contributed by atoms with Crippen LogP contribution in [-0.2, 0) is 12.8 Å². The third-order valence-corrected chi connectivity index (χ3v) is 4.49. The lowest BCUT2D eigenvalue weighted by Gasteiger charge is -2.28. The molecule has 2 aromatic carbocycles. The minimum Gasteiger partial charge on any atom is -0.508 e. The van der Waals surface area contributed by atoms with Crippen LogP contribution in [0.15, 0.2) is 48.5 Å². The zero-order chi connectivity index (χ0) is 14.9. The number of phenolic OH excluding ortho intramolecular Hbond substituents is 1. The number of fused-ring (bicyclic) bond motifs is 1. The first-order chi connectivity index (χ1) is 10.1. The zero-order valence-corrected chi connectivity index (χ0v) is 12.8. The van der Waals surface area contributed by atoms with Crippen molar-refractivity contribution in [1.29, 1.82) is 0 Å². The van der Waals surface area contributed by atoms with Gasteiger partial charge in [0.25, 0.3) is 0 Å². The fourth-order valence-electron chi connectivity index (χ4n) is 3.40. The molecule has 0 saturated carbocycles. The van der Waals surface area contributed by atoms with Crippen LogP contribution in [-0.4, -0.2) is 11.7 Å².